The van der Waals surface area contributed by atoms with Gasteiger partial charge in [-0.25, -0.2) is 4.98 Å². The first-order chi connectivity index (χ1) is 10.7. The van der Waals surface area contributed by atoms with Crippen LogP contribution in [0.2, 0.25) is 0 Å². The number of aromatic nitrogens is 1. The number of carbonyl (C=O) groups is 1. The van der Waals surface area contributed by atoms with Crippen molar-refractivity contribution in [2.24, 2.45) is 0 Å². The van der Waals surface area contributed by atoms with E-state index in [4.69, 9.17) is 4.42 Å². The first-order valence-electron chi connectivity index (χ1n) is 7.71. The van der Waals surface area contributed by atoms with Crippen LogP contribution in [0.1, 0.15) is 45.4 Å². The number of amides is 1. The smallest absolute Gasteiger partial charge is 0.263 e. The molecule has 0 atom stereocenters. The zero-order valence-corrected chi connectivity index (χ0v) is 13.6. The normalized spacial score (nSPS) is 15.9. The molecule has 0 aromatic carbocycles. The maximum atomic E-state index is 12.3. The summed E-state index contributed by atoms with van der Waals surface area (Å²) in [6.45, 7) is 5.44. The predicted molar refractivity (Wildman–Crippen MR) is 85.9 cm³/mol. The van der Waals surface area contributed by atoms with Crippen LogP contribution in [0.5, 0.6) is 0 Å². The number of piperidine rings is 1. The van der Waals surface area contributed by atoms with E-state index in [1.165, 1.54) is 30.6 Å². The molecule has 5 nitrogen and oxygen atoms in total. The van der Waals surface area contributed by atoms with Crippen molar-refractivity contribution in [3.63, 3.8) is 0 Å². The zero-order chi connectivity index (χ0) is 15.4. The van der Waals surface area contributed by atoms with Crippen LogP contribution in [-0.2, 0) is 13.1 Å². The van der Waals surface area contributed by atoms with Crippen LogP contribution in [0, 0.1) is 6.92 Å². The van der Waals surface area contributed by atoms with Crippen molar-refractivity contribution < 1.29 is 9.21 Å². The highest BCUT2D eigenvalue weighted by Gasteiger charge is 2.18. The van der Waals surface area contributed by atoms with Crippen molar-refractivity contribution in [1.29, 1.82) is 0 Å². The topological polar surface area (TPSA) is 58.4 Å². The standard InChI is InChI=1S/C16H21N3O2S/c1-12-15(16(20)17-10-13-6-5-9-21-13)22-14(18-12)11-19-7-3-2-4-8-19/h5-6,9H,2-4,7-8,10-11H2,1H3,(H,17,20). The Morgan fingerprint density at radius 3 is 2.95 bits per heavy atom. The molecule has 1 fully saturated rings. The summed E-state index contributed by atoms with van der Waals surface area (Å²) in [7, 11) is 0. The fourth-order valence-corrected chi connectivity index (χ4v) is 3.72. The molecule has 2 aromatic heterocycles. The monoisotopic (exact) mass is 319 g/mol. The summed E-state index contributed by atoms with van der Waals surface area (Å²) in [5.74, 6) is 0.681. The summed E-state index contributed by atoms with van der Waals surface area (Å²) in [5, 5.41) is 3.91. The third-order valence-corrected chi connectivity index (χ3v) is 5.00. The van der Waals surface area contributed by atoms with Crippen LogP contribution < -0.4 is 5.32 Å². The summed E-state index contributed by atoms with van der Waals surface area (Å²) in [4.78, 5) is 20.0. The van der Waals surface area contributed by atoms with Crippen molar-refractivity contribution in [2.75, 3.05) is 13.1 Å². The molecule has 0 bridgehead atoms. The van der Waals surface area contributed by atoms with E-state index in [-0.39, 0.29) is 5.91 Å². The van der Waals surface area contributed by atoms with Gasteiger partial charge >= 0.3 is 0 Å². The van der Waals surface area contributed by atoms with Crippen LogP contribution in [0.15, 0.2) is 22.8 Å². The summed E-state index contributed by atoms with van der Waals surface area (Å²) in [6, 6.07) is 3.66. The zero-order valence-electron chi connectivity index (χ0n) is 12.8. The molecule has 0 unspecified atom stereocenters. The molecule has 1 amide bonds. The summed E-state index contributed by atoms with van der Waals surface area (Å²) in [6.07, 6.45) is 5.46. The maximum Gasteiger partial charge on any atom is 0.263 e. The van der Waals surface area contributed by atoms with Gasteiger partial charge < -0.3 is 9.73 Å². The van der Waals surface area contributed by atoms with Crippen molar-refractivity contribution in [2.45, 2.75) is 39.3 Å². The minimum Gasteiger partial charge on any atom is -0.467 e. The molecule has 1 aliphatic rings. The van der Waals surface area contributed by atoms with Crippen molar-refractivity contribution >= 4 is 17.2 Å². The molecule has 22 heavy (non-hydrogen) atoms. The van der Waals surface area contributed by atoms with Gasteiger partial charge in [-0.15, -0.1) is 11.3 Å². The molecular weight excluding hydrogens is 298 g/mol. The summed E-state index contributed by atoms with van der Waals surface area (Å²) >= 11 is 1.50. The van der Waals surface area contributed by atoms with E-state index < -0.39 is 0 Å². The number of carbonyl (C=O) groups excluding carboxylic acids is 1. The Morgan fingerprint density at radius 2 is 2.23 bits per heavy atom. The average molecular weight is 319 g/mol. The fourth-order valence-electron chi connectivity index (χ4n) is 2.70. The molecule has 2 aromatic rings. The van der Waals surface area contributed by atoms with E-state index in [0.717, 1.165) is 36.1 Å². The predicted octanol–water partition coefficient (Wildman–Crippen LogP) is 2.96. The second-order valence-corrected chi connectivity index (χ2v) is 6.70. The highest BCUT2D eigenvalue weighted by molar-refractivity contribution is 7.13. The van der Waals surface area contributed by atoms with Crippen molar-refractivity contribution in [3.05, 3.63) is 39.7 Å². The van der Waals surface area contributed by atoms with Gasteiger partial charge in [0.15, 0.2) is 0 Å². The van der Waals surface area contributed by atoms with Crippen molar-refractivity contribution in [3.8, 4) is 0 Å². The quantitative estimate of drug-likeness (QED) is 0.920. The van der Waals surface area contributed by atoms with Crippen LogP contribution in [0.3, 0.4) is 0 Å². The molecule has 3 rings (SSSR count). The van der Waals surface area contributed by atoms with Gasteiger partial charge in [0.2, 0.25) is 0 Å². The lowest BCUT2D eigenvalue weighted by Gasteiger charge is -2.25. The second-order valence-electron chi connectivity index (χ2n) is 5.62. The van der Waals surface area contributed by atoms with E-state index in [2.05, 4.69) is 15.2 Å². The largest absolute Gasteiger partial charge is 0.467 e. The summed E-state index contributed by atoms with van der Waals surface area (Å²) < 4.78 is 5.22. The van der Waals surface area contributed by atoms with Gasteiger partial charge in [0.1, 0.15) is 15.6 Å². The van der Waals surface area contributed by atoms with E-state index in [1.807, 2.05) is 19.1 Å². The fraction of sp³-hybridized carbons (Fsp3) is 0.500. The highest BCUT2D eigenvalue weighted by atomic mass is 32.1. The molecule has 118 valence electrons. The van der Waals surface area contributed by atoms with Gasteiger partial charge in [0.25, 0.3) is 5.91 Å². The molecule has 6 heteroatoms. The number of nitrogens with zero attached hydrogens (tertiary/aromatic N) is 2. The highest BCUT2D eigenvalue weighted by Crippen LogP contribution is 2.21. The third kappa shape index (κ3) is 3.75. The second kappa shape index (κ2) is 7.07. The number of hydrogen-bond acceptors (Lipinski definition) is 5. The number of furan rings is 1. The van der Waals surface area contributed by atoms with Crippen LogP contribution in [0.25, 0.3) is 0 Å². The molecule has 0 aliphatic carbocycles. The van der Waals surface area contributed by atoms with E-state index >= 15 is 0 Å². The molecular formula is C16H21N3O2S. The van der Waals surface area contributed by atoms with Crippen LogP contribution in [-0.4, -0.2) is 28.9 Å². The Bertz CT molecular complexity index is 615. The van der Waals surface area contributed by atoms with Crippen molar-refractivity contribution in [1.82, 2.24) is 15.2 Å². The van der Waals surface area contributed by atoms with E-state index in [1.54, 1.807) is 6.26 Å². The Hall–Kier alpha value is -1.66. The molecule has 1 saturated heterocycles. The first-order valence-corrected chi connectivity index (χ1v) is 8.53. The molecule has 3 heterocycles. The van der Waals surface area contributed by atoms with Gasteiger partial charge in [-0.1, -0.05) is 6.42 Å². The molecule has 0 saturated carbocycles. The van der Waals surface area contributed by atoms with Crippen LogP contribution in [0.4, 0.5) is 0 Å². The van der Waals surface area contributed by atoms with E-state index in [0.29, 0.717) is 11.4 Å². The molecule has 1 aliphatic heterocycles. The Balaban J connectivity index is 1.59. The Morgan fingerprint density at radius 1 is 1.41 bits per heavy atom. The lowest BCUT2D eigenvalue weighted by atomic mass is 10.1. The number of aryl methyl sites for hydroxylation is 1. The molecule has 0 spiro atoms. The first kappa shape index (κ1) is 15.2. The third-order valence-electron chi connectivity index (χ3n) is 3.86. The number of nitrogens with one attached hydrogen (secondary N) is 1. The van der Waals surface area contributed by atoms with Gasteiger partial charge in [-0.3, -0.25) is 9.69 Å². The van der Waals surface area contributed by atoms with E-state index in [9.17, 15) is 4.79 Å². The Kier molecular flexibility index (Phi) is 4.90. The van der Waals surface area contributed by atoms with Crippen LogP contribution >= 0.6 is 11.3 Å². The summed E-state index contributed by atoms with van der Waals surface area (Å²) in [5.41, 5.74) is 0.814. The lowest BCUT2D eigenvalue weighted by molar-refractivity contribution is 0.0951. The minimum absolute atomic E-state index is 0.0729. The number of likely N-dealkylation sites (tertiary alicyclic amines) is 1. The average Bonchev–Trinajstić information content (AvgIpc) is 3.16. The number of rotatable bonds is 5. The van der Waals surface area contributed by atoms with Gasteiger partial charge in [-0.05, 0) is 45.0 Å². The molecule has 0 radical (unpaired) electrons. The maximum absolute atomic E-state index is 12.3. The minimum atomic E-state index is -0.0729. The lowest BCUT2D eigenvalue weighted by Crippen LogP contribution is -2.29. The number of hydrogen-bond donors (Lipinski definition) is 1. The molecule has 1 N–H and O–H groups in total. The van der Waals surface area contributed by atoms with Gasteiger partial charge in [0, 0.05) is 0 Å². The van der Waals surface area contributed by atoms with Gasteiger partial charge in [0.05, 0.1) is 25.0 Å². The van der Waals surface area contributed by atoms with Gasteiger partial charge in [-0.2, -0.15) is 0 Å². The number of thiazole rings is 1. The SMILES string of the molecule is Cc1nc(CN2CCCCC2)sc1C(=O)NCc1ccco1. The Labute approximate surface area is 134 Å².